The van der Waals surface area contributed by atoms with Crippen molar-refractivity contribution >= 4 is 9.84 Å². The Hall–Kier alpha value is -1.07. The van der Waals surface area contributed by atoms with Gasteiger partial charge in [0.15, 0.2) is 9.84 Å². The third kappa shape index (κ3) is 3.70. The van der Waals surface area contributed by atoms with Crippen LogP contribution in [0.3, 0.4) is 0 Å². The van der Waals surface area contributed by atoms with Gasteiger partial charge >= 0.3 is 0 Å². The molecule has 0 radical (unpaired) electrons. The molecule has 1 aliphatic rings. The summed E-state index contributed by atoms with van der Waals surface area (Å²) >= 11 is 0. The van der Waals surface area contributed by atoms with Gasteiger partial charge in [-0.1, -0.05) is 6.07 Å². The van der Waals surface area contributed by atoms with Crippen LogP contribution >= 0.6 is 0 Å². The molecule has 0 spiro atoms. The Balaban J connectivity index is 2.20. The van der Waals surface area contributed by atoms with Crippen LogP contribution in [0.2, 0.25) is 0 Å². The van der Waals surface area contributed by atoms with Crippen LogP contribution in [-0.4, -0.2) is 34.9 Å². The molecule has 0 unspecified atom stereocenters. The number of benzene rings is 1. The highest BCUT2D eigenvalue weighted by Crippen LogP contribution is 2.27. The maximum atomic E-state index is 11.5. The zero-order valence-corrected chi connectivity index (χ0v) is 12.3. The van der Waals surface area contributed by atoms with Crippen molar-refractivity contribution in [3.8, 4) is 5.75 Å². The summed E-state index contributed by atoms with van der Waals surface area (Å²) in [5.41, 5.74) is 1.10. The fourth-order valence-corrected chi connectivity index (χ4v) is 3.16. The predicted molar refractivity (Wildman–Crippen MR) is 75.4 cm³/mol. The Labute approximate surface area is 115 Å². The summed E-state index contributed by atoms with van der Waals surface area (Å²) in [6.45, 7) is 2.13. The molecule has 19 heavy (non-hydrogen) atoms. The van der Waals surface area contributed by atoms with Crippen molar-refractivity contribution in [1.82, 2.24) is 5.32 Å². The molecule has 0 bridgehead atoms. The Kier molecular flexibility index (Phi) is 4.47. The number of nitrogens with one attached hydrogen (secondary N) is 1. The maximum Gasteiger partial charge on any atom is 0.175 e. The smallest absolute Gasteiger partial charge is 0.175 e. The molecule has 1 fully saturated rings. The summed E-state index contributed by atoms with van der Waals surface area (Å²) in [4.78, 5) is 0.318. The van der Waals surface area contributed by atoms with Crippen LogP contribution in [0.15, 0.2) is 23.1 Å². The number of rotatable bonds is 4. The summed E-state index contributed by atoms with van der Waals surface area (Å²) in [6, 6.07) is 5.19. The lowest BCUT2D eigenvalue weighted by Crippen LogP contribution is -2.28. The highest BCUT2D eigenvalue weighted by molar-refractivity contribution is 7.90. The number of hydrogen-bond donors (Lipinski definition) is 1. The van der Waals surface area contributed by atoms with Gasteiger partial charge in [-0.05, 0) is 56.0 Å². The van der Waals surface area contributed by atoms with Crippen LogP contribution in [0.25, 0.3) is 0 Å². The zero-order valence-electron chi connectivity index (χ0n) is 11.5. The average Bonchev–Trinajstić information content (AvgIpc) is 2.39. The van der Waals surface area contributed by atoms with Gasteiger partial charge in [-0.25, -0.2) is 8.42 Å². The summed E-state index contributed by atoms with van der Waals surface area (Å²) in [7, 11) is -1.58. The Morgan fingerprint density at radius 2 is 2.00 bits per heavy atom. The Bertz CT molecular complexity index is 534. The molecule has 1 N–H and O–H groups in total. The molecule has 0 amide bonds. The second-order valence-corrected chi connectivity index (χ2v) is 7.16. The van der Waals surface area contributed by atoms with E-state index in [0.29, 0.717) is 16.6 Å². The molecule has 2 rings (SSSR count). The third-order valence-corrected chi connectivity index (χ3v) is 4.76. The molecule has 106 valence electrons. The van der Waals surface area contributed by atoms with Crippen LogP contribution in [0.1, 0.15) is 18.4 Å². The first-order chi connectivity index (χ1) is 9.00. The van der Waals surface area contributed by atoms with E-state index >= 15 is 0 Å². The summed E-state index contributed by atoms with van der Waals surface area (Å²) in [6.07, 6.45) is 4.50. The SMILES string of the molecule is COc1cc(S(C)(=O)=O)ccc1CC1CCNCC1. The lowest BCUT2D eigenvalue weighted by Gasteiger charge is -2.23. The van der Waals surface area contributed by atoms with E-state index in [4.69, 9.17) is 4.74 Å². The molecule has 0 aliphatic carbocycles. The van der Waals surface area contributed by atoms with Gasteiger partial charge in [0.2, 0.25) is 0 Å². The van der Waals surface area contributed by atoms with Crippen LogP contribution in [-0.2, 0) is 16.3 Å². The van der Waals surface area contributed by atoms with E-state index < -0.39 is 9.84 Å². The standard InChI is InChI=1S/C14H21NO3S/c1-18-14-10-13(19(2,16)17)4-3-12(14)9-11-5-7-15-8-6-11/h3-4,10-11,15H,5-9H2,1-2H3. The molecule has 1 heterocycles. The lowest BCUT2D eigenvalue weighted by molar-refractivity contribution is 0.361. The quantitative estimate of drug-likeness (QED) is 0.912. The maximum absolute atomic E-state index is 11.5. The molecule has 1 aromatic carbocycles. The average molecular weight is 283 g/mol. The fourth-order valence-electron chi connectivity index (χ4n) is 2.52. The van der Waals surface area contributed by atoms with Crippen LogP contribution in [0.4, 0.5) is 0 Å². The van der Waals surface area contributed by atoms with E-state index in [1.807, 2.05) is 6.07 Å². The van der Waals surface area contributed by atoms with Gasteiger partial charge in [0, 0.05) is 6.26 Å². The molecular weight excluding hydrogens is 262 g/mol. The molecule has 0 atom stereocenters. The van der Waals surface area contributed by atoms with Crippen molar-refractivity contribution in [1.29, 1.82) is 0 Å². The monoisotopic (exact) mass is 283 g/mol. The summed E-state index contributed by atoms with van der Waals surface area (Å²) in [5, 5.41) is 3.35. The number of ether oxygens (including phenoxy) is 1. The first kappa shape index (κ1) is 14.3. The lowest BCUT2D eigenvalue weighted by atomic mass is 9.91. The van der Waals surface area contributed by atoms with Gasteiger partial charge in [-0.3, -0.25) is 0 Å². The second-order valence-electron chi connectivity index (χ2n) is 5.14. The molecule has 4 nitrogen and oxygen atoms in total. The number of sulfone groups is 1. The van der Waals surface area contributed by atoms with Gasteiger partial charge < -0.3 is 10.1 Å². The van der Waals surface area contributed by atoms with Crippen LogP contribution < -0.4 is 10.1 Å². The van der Waals surface area contributed by atoms with Gasteiger partial charge in [-0.15, -0.1) is 0 Å². The topological polar surface area (TPSA) is 55.4 Å². The first-order valence-electron chi connectivity index (χ1n) is 6.58. The van der Waals surface area contributed by atoms with Crippen molar-refractivity contribution in [2.45, 2.75) is 24.2 Å². The summed E-state index contributed by atoms with van der Waals surface area (Å²) in [5.74, 6) is 1.33. The van der Waals surface area contributed by atoms with Crippen molar-refractivity contribution in [2.24, 2.45) is 5.92 Å². The minimum atomic E-state index is -3.18. The van der Waals surface area contributed by atoms with Gasteiger partial charge in [-0.2, -0.15) is 0 Å². The van der Waals surface area contributed by atoms with Gasteiger partial charge in [0.25, 0.3) is 0 Å². The van der Waals surface area contributed by atoms with E-state index in [9.17, 15) is 8.42 Å². The van der Waals surface area contributed by atoms with Gasteiger partial charge in [0.05, 0.1) is 12.0 Å². The van der Waals surface area contributed by atoms with E-state index in [1.54, 1.807) is 19.2 Å². The van der Waals surface area contributed by atoms with E-state index in [2.05, 4.69) is 5.32 Å². The second kappa shape index (κ2) is 5.92. The van der Waals surface area contributed by atoms with E-state index in [1.165, 1.54) is 6.26 Å². The van der Waals surface area contributed by atoms with Crippen molar-refractivity contribution in [3.63, 3.8) is 0 Å². The minimum Gasteiger partial charge on any atom is -0.496 e. The zero-order chi connectivity index (χ0) is 13.9. The van der Waals surface area contributed by atoms with Crippen LogP contribution in [0.5, 0.6) is 5.75 Å². The largest absolute Gasteiger partial charge is 0.496 e. The third-order valence-electron chi connectivity index (χ3n) is 3.65. The predicted octanol–water partition coefficient (Wildman–Crippen LogP) is 1.64. The van der Waals surface area contributed by atoms with Gasteiger partial charge in [0.1, 0.15) is 5.75 Å². The molecular formula is C14H21NO3S. The van der Waals surface area contributed by atoms with Crippen LogP contribution in [0, 0.1) is 5.92 Å². The molecule has 0 aromatic heterocycles. The highest BCUT2D eigenvalue weighted by atomic mass is 32.2. The molecule has 0 saturated carbocycles. The van der Waals surface area contributed by atoms with E-state index in [0.717, 1.165) is 37.9 Å². The first-order valence-corrected chi connectivity index (χ1v) is 8.47. The highest BCUT2D eigenvalue weighted by Gasteiger charge is 2.17. The molecule has 1 aliphatic heterocycles. The number of hydrogen-bond acceptors (Lipinski definition) is 4. The Morgan fingerprint density at radius 1 is 1.32 bits per heavy atom. The fraction of sp³-hybridized carbons (Fsp3) is 0.571. The number of methoxy groups -OCH3 is 1. The summed E-state index contributed by atoms with van der Waals surface area (Å²) < 4.78 is 28.4. The Morgan fingerprint density at radius 3 is 2.58 bits per heavy atom. The van der Waals surface area contributed by atoms with Crippen molar-refractivity contribution in [2.75, 3.05) is 26.5 Å². The van der Waals surface area contributed by atoms with E-state index in [-0.39, 0.29) is 0 Å². The van der Waals surface area contributed by atoms with Crippen molar-refractivity contribution < 1.29 is 13.2 Å². The number of piperidine rings is 1. The van der Waals surface area contributed by atoms with Crippen molar-refractivity contribution in [3.05, 3.63) is 23.8 Å². The minimum absolute atomic E-state index is 0.318. The molecule has 5 heteroatoms. The molecule has 1 aromatic rings. The molecule has 1 saturated heterocycles. The normalized spacial score (nSPS) is 17.4.